The van der Waals surface area contributed by atoms with Gasteiger partial charge < -0.3 is 14.2 Å². The van der Waals surface area contributed by atoms with Crippen LogP contribution in [0.1, 0.15) is 75.6 Å². The fraction of sp³-hybridized carbons (Fsp3) is 0.577. The second kappa shape index (κ2) is 15.3. The molecule has 0 aliphatic carbocycles. The van der Waals surface area contributed by atoms with Crippen molar-refractivity contribution in [2.24, 2.45) is 0 Å². The number of benzene rings is 1. The van der Waals surface area contributed by atoms with Gasteiger partial charge in [-0.05, 0) is 37.1 Å². The Kier molecular flexibility index (Phi) is 12.5. The fourth-order valence-electron chi connectivity index (χ4n) is 3.18. The van der Waals surface area contributed by atoms with Crippen LogP contribution in [0.15, 0.2) is 36.7 Å². The Morgan fingerprint density at radius 1 is 0.886 bits per heavy atom. The summed E-state index contributed by atoms with van der Waals surface area (Å²) in [6, 6.07) is 7.20. The number of ether oxygens (including phenoxy) is 3. The van der Waals surface area contributed by atoms with Crippen LogP contribution in [0.4, 0.5) is 13.2 Å². The van der Waals surface area contributed by atoms with E-state index >= 15 is 0 Å². The Morgan fingerprint density at radius 2 is 1.51 bits per heavy atom. The monoisotopic (exact) mass is 496 g/mol. The van der Waals surface area contributed by atoms with E-state index in [0.717, 1.165) is 37.4 Å². The van der Waals surface area contributed by atoms with Crippen molar-refractivity contribution in [1.29, 1.82) is 0 Å². The van der Waals surface area contributed by atoms with Crippen molar-refractivity contribution in [3.8, 4) is 17.1 Å². The second-order valence-corrected chi connectivity index (χ2v) is 8.30. The molecule has 1 aromatic carbocycles. The molecule has 0 aliphatic rings. The molecule has 1 unspecified atom stereocenters. The van der Waals surface area contributed by atoms with Gasteiger partial charge in [-0.3, -0.25) is 0 Å². The summed E-state index contributed by atoms with van der Waals surface area (Å²) in [7, 11) is 0. The highest BCUT2D eigenvalue weighted by Crippen LogP contribution is 2.25. The molecule has 1 atom stereocenters. The first-order chi connectivity index (χ1) is 16.8. The highest BCUT2D eigenvalue weighted by atomic mass is 19.4. The number of carbonyl (C=O) groups excluding carboxylic acids is 1. The molecule has 9 heteroatoms. The Morgan fingerprint density at radius 3 is 2.14 bits per heavy atom. The van der Waals surface area contributed by atoms with Gasteiger partial charge >= 0.3 is 12.1 Å². The van der Waals surface area contributed by atoms with Gasteiger partial charge in [-0.1, -0.05) is 52.4 Å². The molecule has 2 aromatic rings. The molecule has 0 bridgehead atoms. The third-order valence-electron chi connectivity index (χ3n) is 5.29. The van der Waals surface area contributed by atoms with Crippen molar-refractivity contribution < 1.29 is 32.2 Å². The van der Waals surface area contributed by atoms with E-state index in [1.807, 2.05) is 19.1 Å². The van der Waals surface area contributed by atoms with E-state index in [1.165, 1.54) is 25.7 Å². The summed E-state index contributed by atoms with van der Waals surface area (Å²) in [5.74, 6) is -0.0856. The normalized spacial score (nSPS) is 12.4. The maximum atomic E-state index is 13.2. The van der Waals surface area contributed by atoms with E-state index in [1.54, 1.807) is 12.1 Å². The summed E-state index contributed by atoms with van der Waals surface area (Å²) in [5.41, 5.74) is 0.518. The minimum absolute atomic E-state index is 0.168. The van der Waals surface area contributed by atoms with Crippen molar-refractivity contribution >= 4 is 5.97 Å². The van der Waals surface area contributed by atoms with Crippen LogP contribution in [0.5, 0.6) is 5.75 Å². The van der Waals surface area contributed by atoms with Gasteiger partial charge in [-0.25, -0.2) is 14.8 Å². The van der Waals surface area contributed by atoms with Gasteiger partial charge in [0, 0.05) is 24.6 Å². The number of alkyl halides is 3. The average Bonchev–Trinajstić information content (AvgIpc) is 2.85. The van der Waals surface area contributed by atoms with E-state index in [9.17, 15) is 18.0 Å². The van der Waals surface area contributed by atoms with Gasteiger partial charge in [0.05, 0.1) is 18.8 Å². The second-order valence-electron chi connectivity index (χ2n) is 8.30. The van der Waals surface area contributed by atoms with Crippen LogP contribution in [0.3, 0.4) is 0 Å². The first kappa shape index (κ1) is 28.6. The van der Waals surface area contributed by atoms with Gasteiger partial charge in [0.25, 0.3) is 0 Å². The molecule has 1 aromatic heterocycles. The summed E-state index contributed by atoms with van der Waals surface area (Å²) >= 11 is 0. The Labute approximate surface area is 205 Å². The zero-order valence-corrected chi connectivity index (χ0v) is 20.5. The van der Waals surface area contributed by atoms with Gasteiger partial charge in [0.2, 0.25) is 6.10 Å². The first-order valence-corrected chi connectivity index (χ1v) is 12.3. The van der Waals surface area contributed by atoms with Crippen molar-refractivity contribution in [1.82, 2.24) is 9.97 Å². The van der Waals surface area contributed by atoms with Crippen LogP contribution < -0.4 is 4.74 Å². The Hall–Kier alpha value is -2.68. The van der Waals surface area contributed by atoms with Crippen molar-refractivity contribution in [3.05, 3.63) is 42.2 Å². The molecule has 0 radical (unpaired) electrons. The molecule has 0 aliphatic heterocycles. The van der Waals surface area contributed by atoms with Crippen molar-refractivity contribution in [2.75, 3.05) is 19.8 Å². The third kappa shape index (κ3) is 10.6. The minimum atomic E-state index is -4.73. The maximum Gasteiger partial charge on any atom is 0.427 e. The summed E-state index contributed by atoms with van der Waals surface area (Å²) < 4.78 is 54.9. The molecule has 35 heavy (non-hydrogen) atoms. The maximum absolute atomic E-state index is 13.2. The van der Waals surface area contributed by atoms with Gasteiger partial charge in [0.15, 0.2) is 5.82 Å². The number of halogens is 3. The summed E-state index contributed by atoms with van der Waals surface area (Å²) in [6.07, 6.45) is 3.77. The lowest BCUT2D eigenvalue weighted by molar-refractivity contribution is -0.217. The van der Waals surface area contributed by atoms with E-state index in [0.29, 0.717) is 24.4 Å². The van der Waals surface area contributed by atoms with E-state index in [4.69, 9.17) is 9.47 Å². The third-order valence-corrected chi connectivity index (χ3v) is 5.29. The smallest absolute Gasteiger partial charge is 0.427 e. The summed E-state index contributed by atoms with van der Waals surface area (Å²) in [6.45, 7) is 4.16. The highest BCUT2D eigenvalue weighted by Gasteiger charge is 2.43. The van der Waals surface area contributed by atoms with Crippen LogP contribution in [-0.4, -0.2) is 48.0 Å². The van der Waals surface area contributed by atoms with Crippen LogP contribution in [0, 0.1) is 0 Å². The molecule has 6 nitrogen and oxygen atoms in total. The number of nitrogens with zero attached hydrogens (tertiary/aromatic N) is 2. The lowest BCUT2D eigenvalue weighted by Gasteiger charge is -2.20. The molecule has 0 N–H and O–H groups in total. The molecule has 0 amide bonds. The quantitative estimate of drug-likeness (QED) is 0.188. The highest BCUT2D eigenvalue weighted by molar-refractivity contribution is 5.89. The van der Waals surface area contributed by atoms with Crippen LogP contribution in [0.2, 0.25) is 0 Å². The average molecular weight is 497 g/mol. The first-order valence-electron chi connectivity index (χ1n) is 12.3. The Bertz CT molecular complexity index is 858. The van der Waals surface area contributed by atoms with Crippen molar-refractivity contribution in [2.45, 2.75) is 77.5 Å². The summed E-state index contributed by atoms with van der Waals surface area (Å²) in [5, 5.41) is 0. The number of hydrogen-bond acceptors (Lipinski definition) is 6. The zero-order valence-electron chi connectivity index (χ0n) is 20.5. The molecule has 194 valence electrons. The summed E-state index contributed by atoms with van der Waals surface area (Å²) in [4.78, 5) is 20.4. The van der Waals surface area contributed by atoms with E-state index in [2.05, 4.69) is 21.6 Å². The molecule has 1 heterocycles. The lowest BCUT2D eigenvalue weighted by atomic mass is 10.1. The lowest BCUT2D eigenvalue weighted by Crippen LogP contribution is -2.38. The molecular weight excluding hydrogens is 461 g/mol. The molecular formula is C26H35F3N2O4. The van der Waals surface area contributed by atoms with Crippen molar-refractivity contribution in [3.63, 3.8) is 0 Å². The standard InChI is InChI=1S/C26H35F3N2O4/c1-3-5-7-8-9-10-16-34-22-13-11-20(12-14-22)24-30-17-21(18-31-24)25(32)35-23(26(27,28)29)19-33-15-6-4-2/h11-14,17-18,23H,3-10,15-16,19H2,1-2H3. The van der Waals surface area contributed by atoms with E-state index in [-0.39, 0.29) is 12.2 Å². The molecule has 0 spiro atoms. The van der Waals surface area contributed by atoms with E-state index < -0.39 is 24.9 Å². The number of hydrogen-bond donors (Lipinski definition) is 0. The SMILES string of the molecule is CCCCCCCCOc1ccc(-c2ncc(C(=O)OC(COCCCC)C(F)(F)F)cn2)cc1. The largest absolute Gasteiger partial charge is 0.494 e. The predicted octanol–water partition coefficient (Wildman–Crippen LogP) is 6.79. The zero-order chi connectivity index (χ0) is 25.5. The number of carbonyl (C=O) groups is 1. The van der Waals surface area contributed by atoms with Gasteiger partial charge in [0.1, 0.15) is 5.75 Å². The number of esters is 1. The van der Waals surface area contributed by atoms with Gasteiger partial charge in [-0.2, -0.15) is 13.2 Å². The number of unbranched alkanes of at least 4 members (excludes halogenated alkanes) is 6. The topological polar surface area (TPSA) is 70.5 Å². The predicted molar refractivity (Wildman–Crippen MR) is 127 cm³/mol. The number of rotatable bonds is 16. The number of aromatic nitrogens is 2. The minimum Gasteiger partial charge on any atom is -0.494 e. The van der Waals surface area contributed by atoms with Crippen LogP contribution in [-0.2, 0) is 9.47 Å². The van der Waals surface area contributed by atoms with Crippen LogP contribution in [0.25, 0.3) is 11.4 Å². The Balaban J connectivity index is 1.86. The van der Waals surface area contributed by atoms with Crippen LogP contribution >= 0.6 is 0 Å². The molecule has 0 saturated heterocycles. The molecule has 0 fully saturated rings. The van der Waals surface area contributed by atoms with Gasteiger partial charge in [-0.15, -0.1) is 0 Å². The molecule has 2 rings (SSSR count). The molecule has 0 saturated carbocycles. The fourth-order valence-corrected chi connectivity index (χ4v) is 3.18.